The molecule has 2 aliphatic heterocycles. The molecule has 6 nitrogen and oxygen atoms in total. The molecular formula is C15H23N5O. The lowest BCUT2D eigenvalue weighted by atomic mass is 10.1. The van der Waals surface area contributed by atoms with Crippen molar-refractivity contribution in [1.29, 1.82) is 0 Å². The average Bonchev–Trinajstić information content (AvgIpc) is 3.00. The molecule has 2 fully saturated rings. The number of aromatic nitrogens is 2. The van der Waals surface area contributed by atoms with Gasteiger partial charge in [0.05, 0.1) is 0 Å². The van der Waals surface area contributed by atoms with E-state index in [1.165, 1.54) is 19.4 Å². The lowest BCUT2D eigenvalue weighted by Gasteiger charge is -2.37. The lowest BCUT2D eigenvalue weighted by Crippen LogP contribution is -2.52. The van der Waals surface area contributed by atoms with Gasteiger partial charge in [-0.15, -0.1) is 10.2 Å². The first-order chi connectivity index (χ1) is 10.3. The molecule has 1 aromatic rings. The highest BCUT2D eigenvalue weighted by Gasteiger charge is 2.33. The number of anilines is 1. The second-order valence-corrected chi connectivity index (χ2v) is 5.81. The Morgan fingerprint density at radius 2 is 2.24 bits per heavy atom. The molecule has 0 radical (unpaired) electrons. The van der Waals surface area contributed by atoms with Gasteiger partial charge in [-0.1, -0.05) is 6.92 Å². The van der Waals surface area contributed by atoms with Gasteiger partial charge in [0.2, 0.25) is 0 Å². The van der Waals surface area contributed by atoms with Crippen LogP contribution in [0.2, 0.25) is 0 Å². The summed E-state index contributed by atoms with van der Waals surface area (Å²) >= 11 is 0. The van der Waals surface area contributed by atoms with Crippen LogP contribution in [0, 0.1) is 0 Å². The predicted octanol–water partition coefficient (Wildman–Crippen LogP) is 1.22. The van der Waals surface area contributed by atoms with Crippen molar-refractivity contribution in [2.45, 2.75) is 32.2 Å². The molecule has 1 amide bonds. The van der Waals surface area contributed by atoms with Gasteiger partial charge < -0.3 is 10.2 Å². The molecule has 21 heavy (non-hydrogen) atoms. The number of nitrogens with one attached hydrogen (secondary N) is 1. The molecule has 2 aliphatic rings. The van der Waals surface area contributed by atoms with Crippen LogP contribution in [0.15, 0.2) is 12.1 Å². The first kappa shape index (κ1) is 14.3. The maximum atomic E-state index is 12.5. The first-order valence-electron chi connectivity index (χ1n) is 7.89. The fourth-order valence-corrected chi connectivity index (χ4v) is 3.13. The van der Waals surface area contributed by atoms with Crippen LogP contribution < -0.4 is 5.32 Å². The molecule has 114 valence electrons. The average molecular weight is 289 g/mol. The molecule has 1 unspecified atom stereocenters. The molecule has 1 aromatic heterocycles. The Labute approximate surface area is 125 Å². The van der Waals surface area contributed by atoms with Crippen molar-refractivity contribution in [2.24, 2.45) is 0 Å². The summed E-state index contributed by atoms with van der Waals surface area (Å²) in [5.41, 5.74) is 0.448. The van der Waals surface area contributed by atoms with Crippen molar-refractivity contribution in [3.05, 3.63) is 17.8 Å². The number of hydrogen-bond donors (Lipinski definition) is 1. The Bertz CT molecular complexity index is 489. The molecule has 3 rings (SSSR count). The summed E-state index contributed by atoms with van der Waals surface area (Å²) in [4.78, 5) is 16.9. The summed E-state index contributed by atoms with van der Waals surface area (Å²) in [6.45, 7) is 6.76. The first-order valence-corrected chi connectivity index (χ1v) is 7.89. The Hall–Kier alpha value is -1.69. The van der Waals surface area contributed by atoms with Gasteiger partial charge in [0.15, 0.2) is 5.69 Å². The fraction of sp³-hybridized carbons (Fsp3) is 0.667. The number of fused-ring (bicyclic) bond motifs is 1. The maximum absolute atomic E-state index is 12.5. The molecule has 3 heterocycles. The molecule has 1 atom stereocenters. The van der Waals surface area contributed by atoms with Crippen LogP contribution in [-0.4, -0.2) is 64.7 Å². The molecule has 0 saturated carbocycles. The zero-order chi connectivity index (χ0) is 14.7. The Balaban J connectivity index is 1.62. The number of amides is 1. The highest BCUT2D eigenvalue weighted by Crippen LogP contribution is 2.22. The van der Waals surface area contributed by atoms with Gasteiger partial charge in [0.25, 0.3) is 5.91 Å². The van der Waals surface area contributed by atoms with Gasteiger partial charge in [-0.25, -0.2) is 0 Å². The number of rotatable bonds is 4. The van der Waals surface area contributed by atoms with Crippen LogP contribution in [0.5, 0.6) is 0 Å². The van der Waals surface area contributed by atoms with E-state index in [4.69, 9.17) is 0 Å². The summed E-state index contributed by atoms with van der Waals surface area (Å²) in [6, 6.07) is 4.15. The smallest absolute Gasteiger partial charge is 0.274 e. The molecule has 0 bridgehead atoms. The van der Waals surface area contributed by atoms with E-state index < -0.39 is 0 Å². The highest BCUT2D eigenvalue weighted by molar-refractivity contribution is 5.92. The SMILES string of the molecule is CCCNc1ccc(C(=O)N2CCN3CCCC3C2)nn1. The standard InChI is InChI=1S/C15H23N5O/c1-2-7-16-14-6-5-13(17-18-14)15(21)20-10-9-19-8-3-4-12(19)11-20/h5-6,12H,2-4,7-11H2,1H3,(H,16,18). The second kappa shape index (κ2) is 6.39. The molecule has 1 N–H and O–H groups in total. The third-order valence-electron chi connectivity index (χ3n) is 4.31. The van der Waals surface area contributed by atoms with E-state index in [1.807, 2.05) is 11.0 Å². The van der Waals surface area contributed by atoms with Gasteiger partial charge in [-0.2, -0.15) is 0 Å². The zero-order valence-corrected chi connectivity index (χ0v) is 12.6. The van der Waals surface area contributed by atoms with Gasteiger partial charge in [0.1, 0.15) is 5.82 Å². The summed E-state index contributed by atoms with van der Waals surface area (Å²) in [5.74, 6) is 0.741. The van der Waals surface area contributed by atoms with E-state index in [0.29, 0.717) is 11.7 Å². The normalized spacial score (nSPS) is 22.1. The molecule has 6 heteroatoms. The summed E-state index contributed by atoms with van der Waals surface area (Å²) < 4.78 is 0. The van der Waals surface area contributed by atoms with Crippen molar-refractivity contribution in [2.75, 3.05) is 38.0 Å². The molecular weight excluding hydrogens is 266 g/mol. The van der Waals surface area contributed by atoms with E-state index in [2.05, 4.69) is 27.3 Å². The molecule has 0 aliphatic carbocycles. The molecule has 2 saturated heterocycles. The second-order valence-electron chi connectivity index (χ2n) is 5.81. The quantitative estimate of drug-likeness (QED) is 0.903. The lowest BCUT2D eigenvalue weighted by molar-refractivity contribution is 0.0564. The Kier molecular flexibility index (Phi) is 4.34. The maximum Gasteiger partial charge on any atom is 0.274 e. The van der Waals surface area contributed by atoms with E-state index in [-0.39, 0.29) is 5.91 Å². The summed E-state index contributed by atoms with van der Waals surface area (Å²) in [7, 11) is 0. The van der Waals surface area contributed by atoms with Crippen LogP contribution in [0.25, 0.3) is 0 Å². The van der Waals surface area contributed by atoms with Gasteiger partial charge in [-0.05, 0) is 37.9 Å². The minimum atomic E-state index is 0.0103. The van der Waals surface area contributed by atoms with E-state index in [1.54, 1.807) is 6.07 Å². The van der Waals surface area contributed by atoms with Gasteiger partial charge >= 0.3 is 0 Å². The van der Waals surface area contributed by atoms with Crippen molar-refractivity contribution in [3.8, 4) is 0 Å². The Morgan fingerprint density at radius 3 is 3.00 bits per heavy atom. The fourth-order valence-electron chi connectivity index (χ4n) is 3.13. The van der Waals surface area contributed by atoms with Crippen LogP contribution in [-0.2, 0) is 0 Å². The number of hydrogen-bond acceptors (Lipinski definition) is 5. The van der Waals surface area contributed by atoms with Crippen molar-refractivity contribution < 1.29 is 4.79 Å². The third-order valence-corrected chi connectivity index (χ3v) is 4.31. The third kappa shape index (κ3) is 3.15. The number of carbonyl (C=O) groups is 1. The minimum Gasteiger partial charge on any atom is -0.369 e. The van der Waals surface area contributed by atoms with Crippen LogP contribution in [0.1, 0.15) is 36.7 Å². The number of piperazine rings is 1. The number of nitrogens with zero attached hydrogens (tertiary/aromatic N) is 4. The van der Waals surface area contributed by atoms with Crippen LogP contribution in [0.4, 0.5) is 5.82 Å². The van der Waals surface area contributed by atoms with Crippen LogP contribution in [0.3, 0.4) is 0 Å². The number of carbonyl (C=O) groups excluding carboxylic acids is 1. The summed E-state index contributed by atoms with van der Waals surface area (Å²) in [5, 5.41) is 11.3. The Morgan fingerprint density at radius 1 is 1.33 bits per heavy atom. The van der Waals surface area contributed by atoms with E-state index >= 15 is 0 Å². The van der Waals surface area contributed by atoms with E-state index in [0.717, 1.165) is 38.4 Å². The largest absolute Gasteiger partial charge is 0.369 e. The van der Waals surface area contributed by atoms with E-state index in [9.17, 15) is 4.79 Å². The topological polar surface area (TPSA) is 61.4 Å². The van der Waals surface area contributed by atoms with Gasteiger partial charge in [-0.3, -0.25) is 9.69 Å². The predicted molar refractivity (Wildman–Crippen MR) is 81.3 cm³/mol. The van der Waals surface area contributed by atoms with Crippen LogP contribution >= 0.6 is 0 Å². The molecule has 0 spiro atoms. The minimum absolute atomic E-state index is 0.0103. The monoisotopic (exact) mass is 289 g/mol. The zero-order valence-electron chi connectivity index (χ0n) is 12.6. The summed E-state index contributed by atoms with van der Waals surface area (Å²) in [6.07, 6.45) is 3.49. The highest BCUT2D eigenvalue weighted by atomic mass is 16.2. The van der Waals surface area contributed by atoms with Crippen molar-refractivity contribution in [1.82, 2.24) is 20.0 Å². The van der Waals surface area contributed by atoms with Crippen molar-refractivity contribution in [3.63, 3.8) is 0 Å². The molecule has 0 aromatic carbocycles. The van der Waals surface area contributed by atoms with Crippen molar-refractivity contribution >= 4 is 11.7 Å². The van der Waals surface area contributed by atoms with Gasteiger partial charge in [0, 0.05) is 32.2 Å².